The van der Waals surface area contributed by atoms with Crippen LogP contribution in [-0.2, 0) is 6.54 Å². The third kappa shape index (κ3) is 3.10. The van der Waals surface area contributed by atoms with Crippen molar-refractivity contribution in [1.82, 2.24) is 9.78 Å². The van der Waals surface area contributed by atoms with Gasteiger partial charge in [0.05, 0.1) is 22.1 Å². The van der Waals surface area contributed by atoms with Crippen molar-refractivity contribution in [2.75, 3.05) is 0 Å². The van der Waals surface area contributed by atoms with Crippen LogP contribution in [0.1, 0.15) is 22.1 Å². The van der Waals surface area contributed by atoms with Crippen molar-refractivity contribution >= 4 is 32.8 Å². The molecule has 1 aromatic heterocycles. The molecule has 0 amide bonds. The molecule has 4 nitrogen and oxygen atoms in total. The summed E-state index contributed by atoms with van der Waals surface area (Å²) in [5, 5.41) is 13.6. The van der Waals surface area contributed by atoms with Gasteiger partial charge in [-0.25, -0.2) is 13.6 Å². The molecular weight excluding hydrogens is 370 g/mol. The van der Waals surface area contributed by atoms with Crippen molar-refractivity contribution in [2.45, 2.75) is 12.7 Å². The predicted molar refractivity (Wildman–Crippen MR) is 84.6 cm³/mol. The Hall–Kier alpha value is -2.28. The van der Waals surface area contributed by atoms with E-state index in [0.29, 0.717) is 20.9 Å². The lowest BCUT2D eigenvalue weighted by molar-refractivity contribution is 0.0696. The highest BCUT2D eigenvalue weighted by Gasteiger charge is 2.14. The minimum absolute atomic E-state index is 0.0465. The molecule has 0 saturated heterocycles. The summed E-state index contributed by atoms with van der Waals surface area (Å²) >= 11 is 3.15. The minimum Gasteiger partial charge on any atom is -0.478 e. The van der Waals surface area contributed by atoms with E-state index in [4.69, 9.17) is 5.11 Å². The minimum atomic E-state index is -1.35. The molecule has 1 N–H and O–H groups in total. The van der Waals surface area contributed by atoms with Gasteiger partial charge in [-0.1, -0.05) is 12.1 Å². The number of halogens is 3. The standard InChI is InChI=1S/C16H11BrF2N2O2/c17-15-11-7-21(20-14(11)6-5-12(15)18)8-13(19)9-1-3-10(4-2-9)16(22)23/h1-7,13H,8H2,(H,22,23)/t13-/m0/s1. The van der Waals surface area contributed by atoms with Gasteiger partial charge in [-0.15, -0.1) is 0 Å². The van der Waals surface area contributed by atoms with Gasteiger partial charge < -0.3 is 5.11 Å². The third-order valence-electron chi connectivity index (χ3n) is 3.49. The van der Waals surface area contributed by atoms with Gasteiger partial charge in [-0.2, -0.15) is 5.10 Å². The highest BCUT2D eigenvalue weighted by Crippen LogP contribution is 2.27. The topological polar surface area (TPSA) is 55.1 Å². The lowest BCUT2D eigenvalue weighted by Crippen LogP contribution is -2.06. The Kier molecular flexibility index (Phi) is 4.12. The Bertz CT molecular complexity index is 878. The Morgan fingerprint density at radius 2 is 1.96 bits per heavy atom. The number of rotatable bonds is 4. The van der Waals surface area contributed by atoms with Crippen LogP contribution in [0.3, 0.4) is 0 Å². The third-order valence-corrected chi connectivity index (χ3v) is 4.30. The van der Waals surface area contributed by atoms with Crippen LogP contribution in [0.25, 0.3) is 10.9 Å². The fraction of sp³-hybridized carbons (Fsp3) is 0.125. The van der Waals surface area contributed by atoms with Crippen molar-refractivity contribution < 1.29 is 18.7 Å². The number of hydrogen-bond acceptors (Lipinski definition) is 2. The number of hydrogen-bond donors (Lipinski definition) is 1. The number of carbonyl (C=O) groups is 1. The van der Waals surface area contributed by atoms with Gasteiger partial charge in [-0.05, 0) is 45.8 Å². The number of carboxylic acid groups (broad SMARTS) is 1. The van der Waals surface area contributed by atoms with E-state index < -0.39 is 18.0 Å². The zero-order valence-corrected chi connectivity index (χ0v) is 13.3. The van der Waals surface area contributed by atoms with Crippen molar-refractivity contribution in [3.8, 4) is 0 Å². The van der Waals surface area contributed by atoms with Crippen LogP contribution >= 0.6 is 15.9 Å². The highest BCUT2D eigenvalue weighted by molar-refractivity contribution is 9.10. The fourth-order valence-electron chi connectivity index (χ4n) is 2.28. The maximum atomic E-state index is 14.4. The summed E-state index contributed by atoms with van der Waals surface area (Å²) in [5.41, 5.74) is 1.02. The maximum absolute atomic E-state index is 14.4. The first-order valence-electron chi connectivity index (χ1n) is 6.74. The lowest BCUT2D eigenvalue weighted by Gasteiger charge is -2.09. The molecule has 2 aromatic carbocycles. The van der Waals surface area contributed by atoms with E-state index in [1.165, 1.54) is 41.1 Å². The second-order valence-corrected chi connectivity index (χ2v) is 5.83. The van der Waals surface area contributed by atoms with Gasteiger partial charge in [0.15, 0.2) is 0 Å². The predicted octanol–water partition coefficient (Wildman–Crippen LogP) is 4.35. The average molecular weight is 381 g/mol. The van der Waals surface area contributed by atoms with Gasteiger partial charge in [0.2, 0.25) is 0 Å². The van der Waals surface area contributed by atoms with Crippen LogP contribution in [0.5, 0.6) is 0 Å². The summed E-state index contributed by atoms with van der Waals surface area (Å²) < 4.78 is 29.6. The van der Waals surface area contributed by atoms with Gasteiger partial charge in [-0.3, -0.25) is 4.68 Å². The first-order valence-corrected chi connectivity index (χ1v) is 7.53. The monoisotopic (exact) mass is 380 g/mol. The number of aromatic nitrogens is 2. The summed E-state index contributed by atoms with van der Waals surface area (Å²) in [6.45, 7) is -0.0465. The SMILES string of the molecule is O=C(O)c1ccc([C@@H](F)Cn2cc3c(Br)c(F)ccc3n2)cc1. The Labute approximate surface area is 138 Å². The number of carboxylic acids is 1. The molecule has 0 aliphatic rings. The molecule has 3 aromatic rings. The van der Waals surface area contributed by atoms with E-state index in [2.05, 4.69) is 21.0 Å². The van der Waals surface area contributed by atoms with Crippen molar-refractivity contribution in [3.05, 3.63) is 64.0 Å². The van der Waals surface area contributed by atoms with Crippen LogP contribution in [0.4, 0.5) is 8.78 Å². The molecular formula is C16H11BrF2N2O2. The van der Waals surface area contributed by atoms with E-state index in [-0.39, 0.29) is 12.1 Å². The normalized spacial score (nSPS) is 12.5. The first-order chi connectivity index (χ1) is 11.0. The maximum Gasteiger partial charge on any atom is 0.335 e. The smallest absolute Gasteiger partial charge is 0.335 e. The molecule has 0 saturated carbocycles. The molecule has 0 aliphatic carbocycles. The van der Waals surface area contributed by atoms with E-state index >= 15 is 0 Å². The quantitative estimate of drug-likeness (QED) is 0.731. The number of nitrogens with zero attached hydrogens (tertiary/aromatic N) is 2. The molecule has 0 spiro atoms. The number of fused-ring (bicyclic) bond motifs is 1. The molecule has 1 heterocycles. The summed E-state index contributed by atoms with van der Waals surface area (Å²) in [7, 11) is 0. The highest BCUT2D eigenvalue weighted by atomic mass is 79.9. The molecule has 0 aliphatic heterocycles. The summed E-state index contributed by atoms with van der Waals surface area (Å²) in [5.74, 6) is -1.46. The Morgan fingerprint density at radius 1 is 1.26 bits per heavy atom. The number of aromatic carboxylic acids is 1. The van der Waals surface area contributed by atoms with E-state index in [0.717, 1.165) is 0 Å². The second kappa shape index (κ2) is 6.08. The molecule has 0 unspecified atom stereocenters. The van der Waals surface area contributed by atoms with E-state index in [1.54, 1.807) is 6.20 Å². The van der Waals surface area contributed by atoms with Crippen LogP contribution in [0.15, 0.2) is 47.1 Å². The molecule has 23 heavy (non-hydrogen) atoms. The van der Waals surface area contributed by atoms with Crippen LogP contribution in [-0.4, -0.2) is 20.9 Å². The summed E-state index contributed by atoms with van der Waals surface area (Å²) in [4.78, 5) is 10.8. The molecule has 0 bridgehead atoms. The second-order valence-electron chi connectivity index (χ2n) is 5.04. The fourth-order valence-corrected chi connectivity index (χ4v) is 2.72. The van der Waals surface area contributed by atoms with Crippen LogP contribution in [0, 0.1) is 5.82 Å². The largest absolute Gasteiger partial charge is 0.478 e. The lowest BCUT2D eigenvalue weighted by atomic mass is 10.1. The summed E-state index contributed by atoms with van der Waals surface area (Å²) in [6, 6.07) is 8.41. The van der Waals surface area contributed by atoms with Crippen LogP contribution in [0.2, 0.25) is 0 Å². The number of alkyl halides is 1. The summed E-state index contributed by atoms with van der Waals surface area (Å²) in [6.07, 6.45) is 0.219. The molecule has 1 atom stereocenters. The van der Waals surface area contributed by atoms with E-state index in [9.17, 15) is 13.6 Å². The van der Waals surface area contributed by atoms with Crippen molar-refractivity contribution in [2.24, 2.45) is 0 Å². The zero-order chi connectivity index (χ0) is 16.6. The number of benzene rings is 2. The van der Waals surface area contributed by atoms with Crippen molar-refractivity contribution in [3.63, 3.8) is 0 Å². The average Bonchev–Trinajstić information content (AvgIpc) is 2.94. The zero-order valence-electron chi connectivity index (χ0n) is 11.7. The van der Waals surface area contributed by atoms with Crippen molar-refractivity contribution in [1.29, 1.82) is 0 Å². The van der Waals surface area contributed by atoms with Gasteiger partial charge in [0, 0.05) is 11.6 Å². The van der Waals surface area contributed by atoms with Gasteiger partial charge in [0.25, 0.3) is 0 Å². The molecule has 7 heteroatoms. The Morgan fingerprint density at radius 3 is 2.61 bits per heavy atom. The molecule has 0 fully saturated rings. The molecule has 118 valence electrons. The van der Waals surface area contributed by atoms with Gasteiger partial charge >= 0.3 is 5.97 Å². The van der Waals surface area contributed by atoms with E-state index in [1.807, 2.05) is 0 Å². The Balaban J connectivity index is 1.83. The van der Waals surface area contributed by atoms with Crippen LogP contribution < -0.4 is 0 Å². The first kappa shape index (κ1) is 15.6. The molecule has 0 radical (unpaired) electrons. The molecule has 3 rings (SSSR count). The van der Waals surface area contributed by atoms with Gasteiger partial charge in [0.1, 0.15) is 12.0 Å².